The van der Waals surface area contributed by atoms with Crippen molar-refractivity contribution in [1.29, 1.82) is 0 Å². The fourth-order valence-electron chi connectivity index (χ4n) is 2.47. The van der Waals surface area contributed by atoms with Gasteiger partial charge in [0.15, 0.2) is 0 Å². The summed E-state index contributed by atoms with van der Waals surface area (Å²) in [6, 6.07) is 3.49. The Morgan fingerprint density at radius 1 is 1.50 bits per heavy atom. The summed E-state index contributed by atoms with van der Waals surface area (Å²) in [5, 5.41) is 1.88. The number of nitrogens with zero attached hydrogens (tertiary/aromatic N) is 2. The smallest absolute Gasteiger partial charge is 0.242 e. The largest absolute Gasteiger partial charge is 0.346 e. The SMILES string of the molecule is CN1CC[C@H](CNS(=O)(=O)c2cnc3ccsc3c2)CC1=O. The lowest BCUT2D eigenvalue weighted by atomic mass is 9.97. The van der Waals surface area contributed by atoms with Crippen molar-refractivity contribution in [3.8, 4) is 0 Å². The van der Waals surface area contributed by atoms with Crippen LogP contribution in [0.25, 0.3) is 10.2 Å². The highest BCUT2D eigenvalue weighted by molar-refractivity contribution is 7.89. The summed E-state index contributed by atoms with van der Waals surface area (Å²) < 4.78 is 28.1. The van der Waals surface area contributed by atoms with Crippen molar-refractivity contribution in [3.05, 3.63) is 23.7 Å². The normalized spacial score (nSPS) is 19.8. The first-order valence-electron chi connectivity index (χ1n) is 7.02. The predicted octanol–water partition coefficient (Wildman–Crippen LogP) is 1.44. The molecule has 3 rings (SSSR count). The van der Waals surface area contributed by atoms with E-state index < -0.39 is 10.0 Å². The molecular weight excluding hydrogens is 322 g/mol. The molecule has 3 heterocycles. The Kier molecular flexibility index (Phi) is 4.16. The van der Waals surface area contributed by atoms with E-state index in [-0.39, 0.29) is 23.3 Å². The zero-order chi connectivity index (χ0) is 15.7. The number of likely N-dealkylation sites (tertiary alicyclic amines) is 1. The van der Waals surface area contributed by atoms with Crippen LogP contribution in [0, 0.1) is 5.92 Å². The molecular formula is C14H17N3O3S2. The molecule has 118 valence electrons. The van der Waals surface area contributed by atoms with Gasteiger partial charge in [0.2, 0.25) is 15.9 Å². The molecule has 2 aromatic rings. The van der Waals surface area contributed by atoms with E-state index in [4.69, 9.17) is 0 Å². The molecule has 22 heavy (non-hydrogen) atoms. The van der Waals surface area contributed by atoms with E-state index in [1.54, 1.807) is 18.0 Å². The summed E-state index contributed by atoms with van der Waals surface area (Å²) in [6.07, 6.45) is 2.57. The van der Waals surface area contributed by atoms with Crippen LogP contribution in [0.2, 0.25) is 0 Å². The topological polar surface area (TPSA) is 79.4 Å². The lowest BCUT2D eigenvalue weighted by molar-refractivity contribution is -0.133. The lowest BCUT2D eigenvalue weighted by Gasteiger charge is -2.28. The Labute approximate surface area is 133 Å². The predicted molar refractivity (Wildman–Crippen MR) is 85.2 cm³/mol. The molecule has 0 aromatic carbocycles. The lowest BCUT2D eigenvalue weighted by Crippen LogP contribution is -2.40. The van der Waals surface area contributed by atoms with Gasteiger partial charge in [-0.3, -0.25) is 9.78 Å². The summed E-state index contributed by atoms with van der Waals surface area (Å²) >= 11 is 1.46. The quantitative estimate of drug-likeness (QED) is 0.914. The third-order valence-corrected chi connectivity index (χ3v) is 6.16. The van der Waals surface area contributed by atoms with E-state index >= 15 is 0 Å². The Bertz CT molecular complexity index is 801. The van der Waals surface area contributed by atoms with Gasteiger partial charge in [-0.1, -0.05) is 0 Å². The van der Waals surface area contributed by atoms with Crippen molar-refractivity contribution in [3.63, 3.8) is 0 Å². The van der Waals surface area contributed by atoms with Gasteiger partial charge in [-0.05, 0) is 29.9 Å². The van der Waals surface area contributed by atoms with Crippen molar-refractivity contribution < 1.29 is 13.2 Å². The highest BCUT2D eigenvalue weighted by Crippen LogP contribution is 2.22. The molecule has 0 spiro atoms. The first-order valence-corrected chi connectivity index (χ1v) is 9.39. The minimum atomic E-state index is -3.59. The van der Waals surface area contributed by atoms with E-state index in [1.807, 2.05) is 11.4 Å². The molecule has 8 heteroatoms. The summed E-state index contributed by atoms with van der Waals surface area (Å²) in [6.45, 7) is 0.957. The minimum Gasteiger partial charge on any atom is -0.346 e. The molecule has 2 aromatic heterocycles. The third-order valence-electron chi connectivity index (χ3n) is 3.91. The zero-order valence-electron chi connectivity index (χ0n) is 12.2. The van der Waals surface area contributed by atoms with Crippen molar-refractivity contribution in [1.82, 2.24) is 14.6 Å². The number of nitrogens with one attached hydrogen (secondary N) is 1. The average molecular weight is 339 g/mol. The van der Waals surface area contributed by atoms with Gasteiger partial charge in [0.05, 0.1) is 10.2 Å². The van der Waals surface area contributed by atoms with Crippen LogP contribution >= 0.6 is 11.3 Å². The van der Waals surface area contributed by atoms with E-state index in [1.165, 1.54) is 17.5 Å². The van der Waals surface area contributed by atoms with Crippen LogP contribution in [-0.4, -0.2) is 44.3 Å². The number of pyridine rings is 1. The van der Waals surface area contributed by atoms with Gasteiger partial charge in [-0.15, -0.1) is 11.3 Å². The molecule has 1 fully saturated rings. The number of amides is 1. The number of aromatic nitrogens is 1. The maximum absolute atomic E-state index is 12.3. The van der Waals surface area contributed by atoms with Crippen molar-refractivity contribution in [2.75, 3.05) is 20.1 Å². The number of fused-ring (bicyclic) bond motifs is 1. The average Bonchev–Trinajstić information content (AvgIpc) is 2.96. The molecule has 1 aliphatic rings. The molecule has 1 atom stereocenters. The number of hydrogen-bond donors (Lipinski definition) is 1. The number of carbonyl (C=O) groups excluding carboxylic acids is 1. The first-order chi connectivity index (χ1) is 10.5. The van der Waals surface area contributed by atoms with Crippen LogP contribution < -0.4 is 4.72 Å². The molecule has 0 radical (unpaired) electrons. The van der Waals surface area contributed by atoms with Crippen LogP contribution in [-0.2, 0) is 14.8 Å². The molecule has 1 aliphatic heterocycles. The Hall–Kier alpha value is -1.51. The Morgan fingerprint density at radius 3 is 3.09 bits per heavy atom. The molecule has 0 bridgehead atoms. The van der Waals surface area contributed by atoms with Crippen LogP contribution in [0.15, 0.2) is 28.6 Å². The van der Waals surface area contributed by atoms with Gasteiger partial charge in [0, 0.05) is 32.8 Å². The fraction of sp³-hybridized carbons (Fsp3) is 0.429. The molecule has 1 N–H and O–H groups in total. The van der Waals surface area contributed by atoms with Crippen molar-refractivity contribution in [2.24, 2.45) is 5.92 Å². The van der Waals surface area contributed by atoms with Crippen LogP contribution in [0.5, 0.6) is 0 Å². The molecule has 0 saturated carbocycles. The third kappa shape index (κ3) is 3.13. The highest BCUT2D eigenvalue weighted by Gasteiger charge is 2.25. The molecule has 1 saturated heterocycles. The maximum Gasteiger partial charge on any atom is 0.242 e. The van der Waals surface area contributed by atoms with E-state index in [0.717, 1.165) is 16.6 Å². The van der Waals surface area contributed by atoms with Crippen LogP contribution in [0.4, 0.5) is 0 Å². The second-order valence-corrected chi connectivity index (χ2v) is 8.22. The molecule has 0 aliphatic carbocycles. The first kappa shape index (κ1) is 15.4. The monoisotopic (exact) mass is 339 g/mol. The Morgan fingerprint density at radius 2 is 2.32 bits per heavy atom. The molecule has 1 amide bonds. The van der Waals surface area contributed by atoms with Gasteiger partial charge in [-0.25, -0.2) is 13.1 Å². The molecule has 6 nitrogen and oxygen atoms in total. The number of thiophene rings is 1. The van der Waals surface area contributed by atoms with Gasteiger partial charge in [0.25, 0.3) is 0 Å². The van der Waals surface area contributed by atoms with Gasteiger partial charge in [-0.2, -0.15) is 0 Å². The maximum atomic E-state index is 12.3. The van der Waals surface area contributed by atoms with Crippen LogP contribution in [0.1, 0.15) is 12.8 Å². The standard InChI is InChI=1S/C14H17N3O3S2/c1-17-4-2-10(6-14(17)18)8-16-22(19,20)11-7-13-12(15-9-11)3-5-21-13/h3,5,7,9-10,16H,2,4,6,8H2,1H3/t10-/m0/s1. The van der Waals surface area contributed by atoms with Gasteiger partial charge < -0.3 is 4.90 Å². The van der Waals surface area contributed by atoms with Crippen LogP contribution in [0.3, 0.4) is 0 Å². The van der Waals surface area contributed by atoms with Crippen molar-refractivity contribution >= 4 is 37.5 Å². The summed E-state index contributed by atoms with van der Waals surface area (Å²) in [7, 11) is -1.82. The fourth-order valence-corrected chi connectivity index (χ4v) is 4.41. The summed E-state index contributed by atoms with van der Waals surface area (Å²) in [5.74, 6) is 0.119. The van der Waals surface area contributed by atoms with Crippen molar-refractivity contribution in [2.45, 2.75) is 17.7 Å². The summed E-state index contributed by atoms with van der Waals surface area (Å²) in [5.41, 5.74) is 0.796. The number of piperidine rings is 1. The summed E-state index contributed by atoms with van der Waals surface area (Å²) in [4.78, 5) is 17.7. The van der Waals surface area contributed by atoms with Gasteiger partial charge in [0.1, 0.15) is 4.90 Å². The number of rotatable bonds is 4. The second-order valence-electron chi connectivity index (χ2n) is 5.50. The second kappa shape index (κ2) is 5.94. The van der Waals surface area contributed by atoms with E-state index in [0.29, 0.717) is 13.0 Å². The number of sulfonamides is 1. The van der Waals surface area contributed by atoms with E-state index in [9.17, 15) is 13.2 Å². The number of carbonyl (C=O) groups is 1. The highest BCUT2D eigenvalue weighted by atomic mass is 32.2. The Balaban J connectivity index is 1.69. The zero-order valence-corrected chi connectivity index (χ0v) is 13.8. The number of hydrogen-bond acceptors (Lipinski definition) is 5. The van der Waals surface area contributed by atoms with Gasteiger partial charge >= 0.3 is 0 Å². The minimum absolute atomic E-state index is 0.0527. The van der Waals surface area contributed by atoms with E-state index in [2.05, 4.69) is 9.71 Å². The molecule has 0 unspecified atom stereocenters.